The van der Waals surface area contributed by atoms with Crippen molar-refractivity contribution in [2.45, 2.75) is 55.7 Å². The summed E-state index contributed by atoms with van der Waals surface area (Å²) in [4.78, 5) is 27.1. The Labute approximate surface area is 211 Å². The third-order valence-corrected chi connectivity index (χ3v) is 7.93. The molecule has 4 rings (SSSR count). The molecule has 10 heteroatoms. The van der Waals surface area contributed by atoms with Gasteiger partial charge in [-0.15, -0.1) is 0 Å². The summed E-state index contributed by atoms with van der Waals surface area (Å²) >= 11 is 0. The molecule has 2 saturated heterocycles. The zero-order valence-corrected chi connectivity index (χ0v) is 20.9. The van der Waals surface area contributed by atoms with Crippen molar-refractivity contribution in [3.63, 3.8) is 0 Å². The van der Waals surface area contributed by atoms with Crippen molar-refractivity contribution in [3.05, 3.63) is 71.8 Å². The molecule has 2 aromatic rings. The van der Waals surface area contributed by atoms with Gasteiger partial charge in [0.2, 0.25) is 0 Å². The van der Waals surface area contributed by atoms with Crippen LogP contribution in [-0.4, -0.2) is 68.8 Å². The van der Waals surface area contributed by atoms with E-state index >= 15 is 0 Å². The first-order chi connectivity index (χ1) is 17.2. The maximum absolute atomic E-state index is 13.2. The van der Waals surface area contributed by atoms with E-state index in [2.05, 4.69) is 11.9 Å². The second kappa shape index (κ2) is 11.5. The Balaban J connectivity index is 1.39. The largest absolute Gasteiger partial charge is 0.481 e. The standard InChI is InChI=1S/C26H31NO8S/c1-27-20-12-13-21(27)15-22(14-20)35-26(30)24(19-10-6-3-7-11-19)17-34-36(31,32)33-16-23(25(28)29)18-8-4-2-5-9-18/h2-11,20-24H,12-17H2,1H3,(H,28,29)/t20-,21-,23+,24-/m0/s1. The maximum Gasteiger partial charge on any atom is 0.399 e. The number of carbonyl (C=O) groups is 2. The molecule has 9 nitrogen and oxygen atoms in total. The van der Waals surface area contributed by atoms with E-state index in [1.807, 2.05) is 0 Å². The lowest BCUT2D eigenvalue weighted by atomic mass is 9.98. The Hall–Kier alpha value is -2.79. The highest BCUT2D eigenvalue weighted by Crippen LogP contribution is 2.36. The van der Waals surface area contributed by atoms with Crippen LogP contribution in [0.2, 0.25) is 0 Å². The molecule has 2 aliphatic rings. The predicted octanol–water partition coefficient (Wildman–Crippen LogP) is 3.09. The minimum Gasteiger partial charge on any atom is -0.481 e. The number of fused-ring (bicyclic) bond motifs is 2. The molecule has 0 aromatic heterocycles. The molecule has 2 aromatic carbocycles. The number of carboxylic acids is 1. The van der Waals surface area contributed by atoms with Crippen LogP contribution in [-0.2, 0) is 33.1 Å². The minimum absolute atomic E-state index is 0.229. The van der Waals surface area contributed by atoms with Crippen molar-refractivity contribution in [1.29, 1.82) is 0 Å². The third kappa shape index (κ3) is 6.50. The average molecular weight is 518 g/mol. The molecule has 0 saturated carbocycles. The van der Waals surface area contributed by atoms with Crippen LogP contribution >= 0.6 is 0 Å². The maximum atomic E-state index is 13.2. The van der Waals surface area contributed by atoms with E-state index in [4.69, 9.17) is 13.1 Å². The Morgan fingerprint density at radius 2 is 1.36 bits per heavy atom. The zero-order chi connectivity index (χ0) is 25.7. The van der Waals surface area contributed by atoms with Crippen molar-refractivity contribution < 1.29 is 36.2 Å². The molecule has 4 atom stereocenters. The summed E-state index contributed by atoms with van der Waals surface area (Å²) in [5.74, 6) is -3.96. The fourth-order valence-corrected chi connectivity index (χ4v) is 5.70. The van der Waals surface area contributed by atoms with Gasteiger partial charge in [0.25, 0.3) is 0 Å². The zero-order valence-electron chi connectivity index (χ0n) is 20.1. The highest BCUT2D eigenvalue weighted by molar-refractivity contribution is 7.81. The first-order valence-corrected chi connectivity index (χ1v) is 13.4. The average Bonchev–Trinajstić information content (AvgIpc) is 3.05. The number of hydrogen-bond donors (Lipinski definition) is 1. The summed E-state index contributed by atoms with van der Waals surface area (Å²) < 4.78 is 40.7. The number of aliphatic carboxylic acids is 1. The smallest absolute Gasteiger partial charge is 0.399 e. The number of nitrogens with zero attached hydrogens (tertiary/aromatic N) is 1. The molecule has 2 bridgehead atoms. The number of ether oxygens (including phenoxy) is 1. The number of esters is 1. The van der Waals surface area contributed by atoms with Crippen molar-refractivity contribution in [2.75, 3.05) is 20.3 Å². The molecular formula is C26H31NO8S. The first kappa shape index (κ1) is 26.3. The van der Waals surface area contributed by atoms with Gasteiger partial charge in [0.1, 0.15) is 17.9 Å². The lowest BCUT2D eigenvalue weighted by molar-refractivity contribution is -0.155. The summed E-state index contributed by atoms with van der Waals surface area (Å²) in [6.07, 6.45) is 3.43. The number of rotatable bonds is 11. The molecule has 2 heterocycles. The van der Waals surface area contributed by atoms with Gasteiger partial charge in [0, 0.05) is 12.1 Å². The van der Waals surface area contributed by atoms with Crippen molar-refractivity contribution in [2.24, 2.45) is 0 Å². The fourth-order valence-electron chi connectivity index (χ4n) is 5.02. The molecule has 0 unspecified atom stereocenters. The van der Waals surface area contributed by atoms with E-state index in [1.54, 1.807) is 60.7 Å². The quantitative estimate of drug-likeness (QED) is 0.448. The van der Waals surface area contributed by atoms with Crippen LogP contribution in [0.4, 0.5) is 0 Å². The van der Waals surface area contributed by atoms with Crippen molar-refractivity contribution >= 4 is 22.3 Å². The van der Waals surface area contributed by atoms with Crippen molar-refractivity contribution in [1.82, 2.24) is 4.90 Å². The lowest BCUT2D eigenvalue weighted by Crippen LogP contribution is -2.44. The highest BCUT2D eigenvalue weighted by Gasteiger charge is 2.40. The van der Waals surface area contributed by atoms with E-state index < -0.39 is 47.4 Å². The van der Waals surface area contributed by atoms with Gasteiger partial charge in [0.15, 0.2) is 0 Å². The normalized spacial score (nSPS) is 23.6. The minimum atomic E-state index is -4.58. The number of benzene rings is 2. The van der Waals surface area contributed by atoms with Crippen LogP contribution in [0.5, 0.6) is 0 Å². The molecule has 0 spiro atoms. The van der Waals surface area contributed by atoms with Crippen LogP contribution in [0.3, 0.4) is 0 Å². The molecule has 2 aliphatic heterocycles. The lowest BCUT2D eigenvalue weighted by Gasteiger charge is -2.36. The molecule has 2 fully saturated rings. The van der Waals surface area contributed by atoms with Gasteiger partial charge in [0.05, 0.1) is 13.2 Å². The summed E-state index contributed by atoms with van der Waals surface area (Å²) in [5.41, 5.74) is 0.958. The molecule has 194 valence electrons. The summed E-state index contributed by atoms with van der Waals surface area (Å²) in [6.45, 7) is -1.16. The summed E-state index contributed by atoms with van der Waals surface area (Å²) in [5, 5.41) is 9.50. The molecule has 0 amide bonds. The second-order valence-corrected chi connectivity index (χ2v) is 10.6. The van der Waals surface area contributed by atoms with E-state index in [0.29, 0.717) is 23.2 Å². The molecular weight excluding hydrogens is 486 g/mol. The van der Waals surface area contributed by atoms with Gasteiger partial charge in [-0.1, -0.05) is 60.7 Å². The summed E-state index contributed by atoms with van der Waals surface area (Å²) in [7, 11) is -2.48. The molecule has 36 heavy (non-hydrogen) atoms. The van der Waals surface area contributed by atoms with Gasteiger partial charge in [-0.2, -0.15) is 8.42 Å². The van der Waals surface area contributed by atoms with Crippen LogP contribution < -0.4 is 0 Å². The Bertz CT molecular complexity index is 1130. The van der Waals surface area contributed by atoms with E-state index in [-0.39, 0.29) is 6.10 Å². The number of hydrogen-bond acceptors (Lipinski definition) is 8. The van der Waals surface area contributed by atoms with Gasteiger partial charge in [-0.05, 0) is 43.9 Å². The molecule has 0 aliphatic carbocycles. The Morgan fingerprint density at radius 1 is 0.889 bits per heavy atom. The second-order valence-electron chi connectivity index (χ2n) is 9.32. The topological polar surface area (TPSA) is 119 Å². The van der Waals surface area contributed by atoms with E-state index in [1.165, 1.54) is 0 Å². The van der Waals surface area contributed by atoms with Crippen molar-refractivity contribution in [3.8, 4) is 0 Å². The number of carbonyl (C=O) groups excluding carboxylic acids is 1. The van der Waals surface area contributed by atoms with Crippen LogP contribution in [0, 0.1) is 0 Å². The van der Waals surface area contributed by atoms with Crippen LogP contribution in [0.25, 0.3) is 0 Å². The summed E-state index contributed by atoms with van der Waals surface area (Å²) in [6, 6.07) is 17.6. The van der Waals surface area contributed by atoms with Gasteiger partial charge >= 0.3 is 22.3 Å². The molecule has 0 radical (unpaired) electrons. The van der Waals surface area contributed by atoms with E-state index in [0.717, 1.165) is 25.7 Å². The van der Waals surface area contributed by atoms with Gasteiger partial charge in [-0.25, -0.2) is 8.37 Å². The highest BCUT2D eigenvalue weighted by atomic mass is 32.3. The van der Waals surface area contributed by atoms with Crippen LogP contribution in [0.1, 0.15) is 48.6 Å². The SMILES string of the molecule is CN1[C@H]2CC[C@H]1CC(OC(=O)[C@@H](COS(=O)(=O)OC[C@@H](C(=O)O)c1ccccc1)c1ccccc1)C2. The van der Waals surface area contributed by atoms with E-state index in [9.17, 15) is 23.1 Å². The Kier molecular flexibility index (Phi) is 8.40. The monoisotopic (exact) mass is 517 g/mol. The number of carboxylic acid groups (broad SMARTS) is 1. The predicted molar refractivity (Wildman–Crippen MR) is 131 cm³/mol. The van der Waals surface area contributed by atoms with Gasteiger partial charge < -0.3 is 14.7 Å². The van der Waals surface area contributed by atoms with Gasteiger partial charge in [-0.3, -0.25) is 9.59 Å². The Morgan fingerprint density at radius 3 is 1.86 bits per heavy atom. The molecule has 1 N–H and O–H groups in total. The number of piperidine rings is 1. The third-order valence-electron chi connectivity index (χ3n) is 7.08. The first-order valence-electron chi connectivity index (χ1n) is 12.0. The van der Waals surface area contributed by atoms with Crippen LogP contribution in [0.15, 0.2) is 60.7 Å². The fraction of sp³-hybridized carbons (Fsp3) is 0.462.